The minimum Gasteiger partial charge on any atom is -0.388 e. The van der Waals surface area contributed by atoms with Crippen LogP contribution in [0.3, 0.4) is 0 Å². The van der Waals surface area contributed by atoms with E-state index in [0.29, 0.717) is 10.7 Å². The van der Waals surface area contributed by atoms with Gasteiger partial charge >= 0.3 is 0 Å². The fourth-order valence-electron chi connectivity index (χ4n) is 1.10. The Balaban J connectivity index is 2.81. The number of aromatic nitrogens is 1. The van der Waals surface area contributed by atoms with Gasteiger partial charge in [0.1, 0.15) is 10.7 Å². The first-order chi connectivity index (χ1) is 6.90. The van der Waals surface area contributed by atoms with Gasteiger partial charge in [-0.2, -0.15) is 0 Å². The van der Waals surface area contributed by atoms with Crippen molar-refractivity contribution in [3.05, 3.63) is 24.0 Å². The fraction of sp³-hybridized carbons (Fsp3) is 0.455. The van der Waals surface area contributed by atoms with Crippen molar-refractivity contribution in [2.24, 2.45) is 11.1 Å². The van der Waals surface area contributed by atoms with Gasteiger partial charge in [0.25, 0.3) is 0 Å². The lowest BCUT2D eigenvalue weighted by Gasteiger charge is -2.20. The highest BCUT2D eigenvalue weighted by molar-refractivity contribution is 7.80. The van der Waals surface area contributed by atoms with E-state index in [4.69, 9.17) is 18.0 Å². The zero-order valence-corrected chi connectivity index (χ0v) is 10.2. The third kappa shape index (κ3) is 3.83. The van der Waals surface area contributed by atoms with Gasteiger partial charge in [0.2, 0.25) is 0 Å². The first-order valence-corrected chi connectivity index (χ1v) is 5.30. The minimum absolute atomic E-state index is 0.212. The molecule has 0 saturated carbocycles. The van der Waals surface area contributed by atoms with Crippen LogP contribution in [0, 0.1) is 5.41 Å². The van der Waals surface area contributed by atoms with Crippen LogP contribution >= 0.6 is 12.2 Å². The van der Waals surface area contributed by atoms with Gasteiger partial charge in [0.15, 0.2) is 0 Å². The molecule has 1 aromatic rings. The Bertz CT molecular complexity index is 355. The van der Waals surface area contributed by atoms with Gasteiger partial charge in [-0.1, -0.05) is 33.0 Å². The normalized spacial score (nSPS) is 11.1. The molecule has 0 aromatic carbocycles. The standard InChI is InChI=1S/C11H17N3S/c1-11(2,3)7-14-8-5-4-6-13-9(8)10(12)15/h4-6,14H,7H2,1-3H3,(H2,12,15). The lowest BCUT2D eigenvalue weighted by Crippen LogP contribution is -2.22. The van der Waals surface area contributed by atoms with Crippen LogP contribution in [0.4, 0.5) is 5.69 Å². The number of hydrogen-bond acceptors (Lipinski definition) is 3. The molecule has 82 valence electrons. The van der Waals surface area contributed by atoms with Crippen LogP contribution in [0.1, 0.15) is 26.5 Å². The van der Waals surface area contributed by atoms with Gasteiger partial charge in [-0.25, -0.2) is 0 Å². The molecule has 0 amide bonds. The molecule has 0 atom stereocenters. The molecule has 0 spiro atoms. The van der Waals surface area contributed by atoms with Gasteiger partial charge in [-0.05, 0) is 17.5 Å². The summed E-state index contributed by atoms with van der Waals surface area (Å²) in [5.74, 6) is 0. The molecule has 4 heteroatoms. The third-order valence-corrected chi connectivity index (χ3v) is 2.04. The summed E-state index contributed by atoms with van der Waals surface area (Å²) in [5.41, 5.74) is 7.36. The Morgan fingerprint density at radius 3 is 2.73 bits per heavy atom. The predicted octanol–water partition coefficient (Wildman–Crippen LogP) is 2.17. The molecule has 0 bridgehead atoms. The zero-order valence-electron chi connectivity index (χ0n) is 9.37. The summed E-state index contributed by atoms with van der Waals surface area (Å²) in [7, 11) is 0. The van der Waals surface area contributed by atoms with Crippen molar-refractivity contribution in [2.45, 2.75) is 20.8 Å². The lowest BCUT2D eigenvalue weighted by molar-refractivity contribution is 0.443. The van der Waals surface area contributed by atoms with Crippen molar-refractivity contribution in [1.82, 2.24) is 4.98 Å². The monoisotopic (exact) mass is 223 g/mol. The second-order valence-electron chi connectivity index (χ2n) is 4.68. The molecule has 1 aromatic heterocycles. The summed E-state index contributed by atoms with van der Waals surface area (Å²) in [6.45, 7) is 7.35. The van der Waals surface area contributed by atoms with Gasteiger partial charge in [0.05, 0.1) is 5.69 Å². The van der Waals surface area contributed by atoms with Crippen LogP contribution in [0.5, 0.6) is 0 Å². The van der Waals surface area contributed by atoms with E-state index in [-0.39, 0.29) is 5.41 Å². The van der Waals surface area contributed by atoms with Crippen molar-refractivity contribution < 1.29 is 0 Å². The van der Waals surface area contributed by atoms with Crippen LogP contribution in [-0.2, 0) is 0 Å². The number of anilines is 1. The van der Waals surface area contributed by atoms with Crippen LogP contribution in [0.2, 0.25) is 0 Å². The lowest BCUT2D eigenvalue weighted by atomic mass is 9.97. The highest BCUT2D eigenvalue weighted by Crippen LogP contribution is 2.17. The maximum absolute atomic E-state index is 5.58. The van der Waals surface area contributed by atoms with Crippen molar-refractivity contribution in [3.63, 3.8) is 0 Å². The number of hydrogen-bond donors (Lipinski definition) is 2. The largest absolute Gasteiger partial charge is 0.388 e. The maximum atomic E-state index is 5.58. The fourth-order valence-corrected chi connectivity index (χ4v) is 1.27. The second-order valence-corrected chi connectivity index (χ2v) is 5.12. The van der Waals surface area contributed by atoms with Crippen LogP contribution < -0.4 is 11.1 Å². The Kier molecular flexibility index (Phi) is 3.63. The molecule has 1 rings (SSSR count). The molecule has 1 heterocycles. The number of nitrogens with zero attached hydrogens (tertiary/aromatic N) is 1. The van der Waals surface area contributed by atoms with Crippen molar-refractivity contribution in [2.75, 3.05) is 11.9 Å². The van der Waals surface area contributed by atoms with E-state index in [0.717, 1.165) is 12.2 Å². The van der Waals surface area contributed by atoms with E-state index in [1.54, 1.807) is 6.20 Å². The zero-order chi connectivity index (χ0) is 11.5. The Hall–Kier alpha value is -1.16. The minimum atomic E-state index is 0.212. The summed E-state index contributed by atoms with van der Waals surface area (Å²) < 4.78 is 0. The molecule has 0 unspecified atom stereocenters. The first-order valence-electron chi connectivity index (χ1n) is 4.89. The number of rotatable bonds is 3. The summed E-state index contributed by atoms with van der Waals surface area (Å²) in [4.78, 5) is 4.48. The van der Waals surface area contributed by atoms with E-state index in [9.17, 15) is 0 Å². The number of thiocarbonyl (C=S) groups is 1. The van der Waals surface area contributed by atoms with E-state index >= 15 is 0 Å². The average Bonchev–Trinajstić information content (AvgIpc) is 2.14. The molecule has 0 aliphatic carbocycles. The molecular weight excluding hydrogens is 206 g/mol. The highest BCUT2D eigenvalue weighted by atomic mass is 32.1. The van der Waals surface area contributed by atoms with Crippen LogP contribution in [-0.4, -0.2) is 16.5 Å². The van der Waals surface area contributed by atoms with Crippen molar-refractivity contribution in [3.8, 4) is 0 Å². The summed E-state index contributed by atoms with van der Waals surface area (Å²) in [6.07, 6.45) is 1.69. The molecule has 0 aliphatic heterocycles. The number of pyridine rings is 1. The van der Waals surface area contributed by atoms with Gasteiger partial charge in [-0.3, -0.25) is 4.98 Å². The Morgan fingerprint density at radius 1 is 1.53 bits per heavy atom. The molecule has 0 radical (unpaired) electrons. The Labute approximate surface area is 96.1 Å². The molecule has 0 saturated heterocycles. The molecule has 0 aliphatic rings. The van der Waals surface area contributed by atoms with Gasteiger partial charge in [-0.15, -0.1) is 0 Å². The first kappa shape index (κ1) is 11.9. The van der Waals surface area contributed by atoms with Crippen LogP contribution in [0.15, 0.2) is 18.3 Å². The average molecular weight is 223 g/mol. The SMILES string of the molecule is CC(C)(C)CNc1cccnc1C(N)=S. The quantitative estimate of drug-likeness (QED) is 0.771. The third-order valence-electron chi connectivity index (χ3n) is 1.85. The predicted molar refractivity (Wildman–Crippen MR) is 68.1 cm³/mol. The van der Waals surface area contributed by atoms with Gasteiger partial charge < -0.3 is 11.1 Å². The number of nitrogens with one attached hydrogen (secondary N) is 1. The maximum Gasteiger partial charge on any atom is 0.124 e. The Morgan fingerprint density at radius 2 is 2.20 bits per heavy atom. The summed E-state index contributed by atoms with van der Waals surface area (Å²) in [6, 6.07) is 3.81. The molecule has 3 nitrogen and oxygen atoms in total. The molecule has 0 fully saturated rings. The highest BCUT2D eigenvalue weighted by Gasteiger charge is 2.11. The van der Waals surface area contributed by atoms with Crippen molar-refractivity contribution in [1.29, 1.82) is 0 Å². The van der Waals surface area contributed by atoms with Crippen molar-refractivity contribution >= 4 is 22.9 Å². The van der Waals surface area contributed by atoms with E-state index < -0.39 is 0 Å². The summed E-state index contributed by atoms with van der Waals surface area (Å²) >= 11 is 4.93. The van der Waals surface area contributed by atoms with E-state index in [1.165, 1.54) is 0 Å². The number of nitrogens with two attached hydrogens (primary N) is 1. The topological polar surface area (TPSA) is 50.9 Å². The molecular formula is C11H17N3S. The molecule has 3 N–H and O–H groups in total. The van der Waals surface area contributed by atoms with E-state index in [2.05, 4.69) is 31.1 Å². The van der Waals surface area contributed by atoms with E-state index in [1.807, 2.05) is 12.1 Å². The smallest absolute Gasteiger partial charge is 0.124 e. The van der Waals surface area contributed by atoms with Gasteiger partial charge in [0, 0.05) is 12.7 Å². The second kappa shape index (κ2) is 4.57. The molecule has 15 heavy (non-hydrogen) atoms. The van der Waals surface area contributed by atoms with Crippen LogP contribution in [0.25, 0.3) is 0 Å². The summed E-state index contributed by atoms with van der Waals surface area (Å²) in [5, 5.41) is 3.30.